The smallest absolute Gasteiger partial charge is 0.273 e. The van der Waals surface area contributed by atoms with Gasteiger partial charge in [-0.1, -0.05) is 30.0 Å². The fraction of sp³-hybridized carbons (Fsp3) is 0.353. The summed E-state index contributed by atoms with van der Waals surface area (Å²) in [5.74, 6) is -0.536. The molecule has 0 fully saturated rings. The normalized spacial score (nSPS) is 11.0. The topological polar surface area (TPSA) is 137 Å². The molecule has 2 heterocycles. The second-order valence-electron chi connectivity index (χ2n) is 6.42. The molecule has 0 radical (unpaired) electrons. The van der Waals surface area contributed by atoms with Gasteiger partial charge in [0.15, 0.2) is 5.69 Å². The highest BCUT2D eigenvalue weighted by Gasteiger charge is 2.18. The summed E-state index contributed by atoms with van der Waals surface area (Å²) in [7, 11) is 1.70. The van der Waals surface area contributed by atoms with Crippen molar-refractivity contribution < 1.29 is 9.59 Å². The van der Waals surface area contributed by atoms with Crippen molar-refractivity contribution in [3.05, 3.63) is 40.3 Å². The van der Waals surface area contributed by atoms with E-state index in [1.165, 1.54) is 21.1 Å². The minimum absolute atomic E-state index is 0.0636. The standard InChI is InChI=1S/C17H20N8O3S/c1-10(2)25-16(28)12-7-5-4-6-11(12)14(21-25)15(27)19-18-13(26)8-9-29-17-20-22-23-24(17)3/h4-7,10H,8-9H2,1-3H3,(H,18,26)(H,19,27). The molecule has 0 saturated carbocycles. The molecule has 11 nitrogen and oxygen atoms in total. The molecule has 0 aliphatic carbocycles. The van der Waals surface area contributed by atoms with Gasteiger partial charge in [0.05, 0.1) is 11.4 Å². The maximum atomic E-state index is 12.6. The lowest BCUT2D eigenvalue weighted by Crippen LogP contribution is -2.43. The molecule has 0 spiro atoms. The SMILES string of the molecule is CC(C)n1nc(C(=O)NNC(=O)CCSc2nnnn2C)c2ccccc2c1=O. The van der Waals surface area contributed by atoms with Crippen LogP contribution in [0.5, 0.6) is 0 Å². The van der Waals surface area contributed by atoms with Crippen LogP contribution >= 0.6 is 11.8 Å². The number of nitrogens with one attached hydrogen (secondary N) is 2. The molecular weight excluding hydrogens is 396 g/mol. The Morgan fingerprint density at radius 3 is 2.55 bits per heavy atom. The molecular formula is C17H20N8O3S. The molecule has 152 valence electrons. The Labute approximate surface area is 169 Å². The van der Waals surface area contributed by atoms with Crippen LogP contribution in [0.15, 0.2) is 34.2 Å². The molecule has 1 aromatic carbocycles. The van der Waals surface area contributed by atoms with Crippen molar-refractivity contribution >= 4 is 34.3 Å². The third-order valence-electron chi connectivity index (χ3n) is 3.99. The summed E-state index contributed by atoms with van der Waals surface area (Å²) in [6, 6.07) is 6.52. The van der Waals surface area contributed by atoms with Gasteiger partial charge in [0.1, 0.15) is 0 Å². The van der Waals surface area contributed by atoms with Crippen molar-refractivity contribution in [2.24, 2.45) is 7.05 Å². The number of carbonyl (C=O) groups is 2. The lowest BCUT2D eigenvalue weighted by Gasteiger charge is -2.13. The highest BCUT2D eigenvalue weighted by atomic mass is 32.2. The lowest BCUT2D eigenvalue weighted by molar-refractivity contribution is -0.121. The first-order valence-electron chi connectivity index (χ1n) is 8.84. The minimum Gasteiger partial charge on any atom is -0.273 e. The van der Waals surface area contributed by atoms with Gasteiger partial charge in [0, 0.05) is 24.6 Å². The molecule has 3 rings (SSSR count). The number of hydrazine groups is 1. The first kappa shape index (κ1) is 20.5. The predicted molar refractivity (Wildman–Crippen MR) is 106 cm³/mol. The fourth-order valence-electron chi connectivity index (χ4n) is 2.55. The summed E-state index contributed by atoms with van der Waals surface area (Å²) < 4.78 is 2.76. The zero-order valence-electron chi connectivity index (χ0n) is 16.1. The van der Waals surface area contributed by atoms with E-state index < -0.39 is 5.91 Å². The molecule has 0 atom stereocenters. The molecule has 0 aliphatic heterocycles. The highest BCUT2D eigenvalue weighted by Crippen LogP contribution is 2.15. The lowest BCUT2D eigenvalue weighted by atomic mass is 10.1. The van der Waals surface area contributed by atoms with E-state index in [2.05, 4.69) is 31.5 Å². The molecule has 2 aromatic heterocycles. The van der Waals surface area contributed by atoms with Crippen LogP contribution < -0.4 is 16.4 Å². The number of fused-ring (bicyclic) bond motifs is 1. The van der Waals surface area contributed by atoms with Crippen LogP contribution in [0.25, 0.3) is 10.8 Å². The number of amides is 2. The number of carbonyl (C=O) groups excluding carboxylic acids is 2. The Hall–Kier alpha value is -3.28. The first-order chi connectivity index (χ1) is 13.9. The third kappa shape index (κ3) is 4.59. The summed E-state index contributed by atoms with van der Waals surface area (Å²) in [4.78, 5) is 37.2. The van der Waals surface area contributed by atoms with Crippen molar-refractivity contribution in [1.82, 2.24) is 40.8 Å². The van der Waals surface area contributed by atoms with Crippen LogP contribution in [0, 0.1) is 0 Å². The number of rotatable bonds is 6. The van der Waals surface area contributed by atoms with E-state index in [9.17, 15) is 14.4 Å². The van der Waals surface area contributed by atoms with Gasteiger partial charge >= 0.3 is 0 Å². The Bertz CT molecular complexity index is 1110. The van der Waals surface area contributed by atoms with Gasteiger partial charge in [-0.05, 0) is 30.3 Å². The molecule has 2 N–H and O–H groups in total. The number of tetrazole rings is 1. The average molecular weight is 416 g/mol. The maximum absolute atomic E-state index is 12.6. The minimum atomic E-state index is -0.603. The number of thioether (sulfide) groups is 1. The number of nitrogens with zero attached hydrogens (tertiary/aromatic N) is 6. The highest BCUT2D eigenvalue weighted by molar-refractivity contribution is 7.99. The van der Waals surface area contributed by atoms with Gasteiger partial charge in [0.2, 0.25) is 11.1 Å². The van der Waals surface area contributed by atoms with E-state index in [1.54, 1.807) is 45.2 Å². The van der Waals surface area contributed by atoms with Gasteiger partial charge < -0.3 is 0 Å². The van der Waals surface area contributed by atoms with Crippen molar-refractivity contribution in [2.75, 3.05) is 5.75 Å². The van der Waals surface area contributed by atoms with Crippen molar-refractivity contribution in [3.8, 4) is 0 Å². The summed E-state index contributed by atoms with van der Waals surface area (Å²) >= 11 is 1.32. The van der Waals surface area contributed by atoms with Gasteiger partial charge in [-0.25, -0.2) is 9.36 Å². The molecule has 29 heavy (non-hydrogen) atoms. The van der Waals surface area contributed by atoms with Gasteiger partial charge in [-0.15, -0.1) is 5.10 Å². The summed E-state index contributed by atoms with van der Waals surface area (Å²) in [5.41, 5.74) is 4.52. The summed E-state index contributed by atoms with van der Waals surface area (Å²) in [5, 5.41) is 16.6. The fourth-order valence-corrected chi connectivity index (χ4v) is 3.34. The number of aromatic nitrogens is 6. The maximum Gasteiger partial charge on any atom is 0.290 e. The zero-order chi connectivity index (χ0) is 21.0. The predicted octanol–water partition coefficient (Wildman–Crippen LogP) is 0.444. The van der Waals surface area contributed by atoms with Crippen LogP contribution in [0.3, 0.4) is 0 Å². The molecule has 0 aliphatic rings. The zero-order valence-corrected chi connectivity index (χ0v) is 16.9. The Morgan fingerprint density at radius 2 is 1.90 bits per heavy atom. The van der Waals surface area contributed by atoms with Crippen LogP contribution in [0.1, 0.15) is 36.8 Å². The second kappa shape index (κ2) is 8.82. The summed E-state index contributed by atoms with van der Waals surface area (Å²) in [6.45, 7) is 3.61. The van der Waals surface area contributed by atoms with Gasteiger partial charge in [-0.2, -0.15) is 5.10 Å². The molecule has 0 unspecified atom stereocenters. The van der Waals surface area contributed by atoms with E-state index >= 15 is 0 Å². The molecule has 0 bridgehead atoms. The summed E-state index contributed by atoms with van der Waals surface area (Å²) in [6.07, 6.45) is 0.150. The Balaban J connectivity index is 1.67. The van der Waals surface area contributed by atoms with Crippen LogP contribution in [0.2, 0.25) is 0 Å². The monoisotopic (exact) mass is 416 g/mol. The van der Waals surface area contributed by atoms with Crippen molar-refractivity contribution in [1.29, 1.82) is 0 Å². The number of hydrogen-bond donors (Lipinski definition) is 2. The van der Waals surface area contributed by atoms with Crippen LogP contribution in [0.4, 0.5) is 0 Å². The van der Waals surface area contributed by atoms with Crippen molar-refractivity contribution in [3.63, 3.8) is 0 Å². The van der Waals surface area contributed by atoms with Crippen molar-refractivity contribution in [2.45, 2.75) is 31.5 Å². The Morgan fingerprint density at radius 1 is 1.17 bits per heavy atom. The molecule has 0 saturated heterocycles. The van der Waals surface area contributed by atoms with Crippen LogP contribution in [-0.4, -0.2) is 47.6 Å². The number of aryl methyl sites for hydroxylation is 1. The number of benzene rings is 1. The van der Waals surface area contributed by atoms with Crippen LogP contribution in [-0.2, 0) is 11.8 Å². The van der Waals surface area contributed by atoms with E-state index in [0.29, 0.717) is 21.7 Å². The second-order valence-corrected chi connectivity index (χ2v) is 7.49. The third-order valence-corrected chi connectivity index (χ3v) is 5.00. The largest absolute Gasteiger partial charge is 0.290 e. The number of hydrogen-bond acceptors (Lipinski definition) is 8. The molecule has 3 aromatic rings. The average Bonchev–Trinajstić information content (AvgIpc) is 3.11. The van der Waals surface area contributed by atoms with Gasteiger partial charge in [0.25, 0.3) is 11.5 Å². The quantitative estimate of drug-likeness (QED) is 0.436. The first-order valence-corrected chi connectivity index (χ1v) is 9.83. The Kier molecular flexibility index (Phi) is 6.22. The van der Waals surface area contributed by atoms with E-state index in [1.807, 2.05) is 0 Å². The van der Waals surface area contributed by atoms with E-state index in [4.69, 9.17) is 0 Å². The molecule has 2 amide bonds. The molecule has 12 heteroatoms. The van der Waals surface area contributed by atoms with Gasteiger partial charge in [-0.3, -0.25) is 25.2 Å². The van der Waals surface area contributed by atoms with E-state index in [0.717, 1.165) is 0 Å². The van der Waals surface area contributed by atoms with E-state index in [-0.39, 0.29) is 29.6 Å².